The lowest BCUT2D eigenvalue weighted by Gasteiger charge is -2.17. The monoisotopic (exact) mass is 222 g/mol. The van der Waals surface area contributed by atoms with Gasteiger partial charge in [-0.15, -0.1) is 0 Å². The molecule has 15 heavy (non-hydrogen) atoms. The smallest absolute Gasteiger partial charge is 0.271 e. The Kier molecular flexibility index (Phi) is 3.65. The predicted octanol–water partition coefficient (Wildman–Crippen LogP) is 2.28. The summed E-state index contributed by atoms with van der Waals surface area (Å²) in [6, 6.07) is 3.68. The van der Waals surface area contributed by atoms with Crippen LogP contribution in [0, 0.1) is 5.82 Å². The van der Waals surface area contributed by atoms with E-state index in [4.69, 9.17) is 5.84 Å². The van der Waals surface area contributed by atoms with Crippen molar-refractivity contribution in [1.82, 2.24) is 5.43 Å². The molecule has 0 aliphatic carbocycles. The van der Waals surface area contributed by atoms with E-state index in [9.17, 15) is 17.6 Å². The average molecular weight is 222 g/mol. The van der Waals surface area contributed by atoms with Crippen LogP contribution in [0.2, 0.25) is 0 Å². The summed E-state index contributed by atoms with van der Waals surface area (Å²) in [5.41, 5.74) is 2.35. The van der Waals surface area contributed by atoms with E-state index < -0.39 is 24.5 Å². The van der Waals surface area contributed by atoms with Crippen molar-refractivity contribution >= 4 is 0 Å². The molecule has 1 unspecified atom stereocenters. The Balaban J connectivity index is 2.79. The summed E-state index contributed by atoms with van der Waals surface area (Å²) in [6.07, 6.45) is -5.40. The van der Waals surface area contributed by atoms with Gasteiger partial charge < -0.3 is 0 Å². The van der Waals surface area contributed by atoms with Crippen molar-refractivity contribution < 1.29 is 17.6 Å². The molecular weight excluding hydrogens is 212 g/mol. The van der Waals surface area contributed by atoms with Gasteiger partial charge in [0, 0.05) is 0 Å². The molecular formula is C9H10F4N2. The van der Waals surface area contributed by atoms with Crippen molar-refractivity contribution in [3.63, 3.8) is 0 Å². The number of halogens is 4. The molecule has 0 heterocycles. The minimum atomic E-state index is -4.31. The second-order valence-electron chi connectivity index (χ2n) is 3.09. The Morgan fingerprint density at radius 3 is 2.13 bits per heavy atom. The fourth-order valence-corrected chi connectivity index (χ4v) is 1.20. The highest BCUT2D eigenvalue weighted by Crippen LogP contribution is 2.28. The van der Waals surface area contributed by atoms with Crippen LogP contribution in [0.25, 0.3) is 0 Å². The molecule has 0 radical (unpaired) electrons. The van der Waals surface area contributed by atoms with E-state index in [1.807, 2.05) is 0 Å². The predicted molar refractivity (Wildman–Crippen MR) is 47.1 cm³/mol. The van der Waals surface area contributed by atoms with Gasteiger partial charge in [-0.05, 0) is 17.7 Å². The third-order valence-electron chi connectivity index (χ3n) is 1.91. The summed E-state index contributed by atoms with van der Waals surface area (Å²) in [6.45, 7) is 0. The second-order valence-corrected chi connectivity index (χ2v) is 3.09. The molecule has 84 valence electrons. The number of rotatable bonds is 3. The van der Waals surface area contributed by atoms with Gasteiger partial charge in [-0.2, -0.15) is 13.2 Å². The number of hydrogen-bond acceptors (Lipinski definition) is 2. The lowest BCUT2D eigenvalue weighted by atomic mass is 10.0. The fourth-order valence-electron chi connectivity index (χ4n) is 1.20. The summed E-state index contributed by atoms with van der Waals surface area (Å²) in [4.78, 5) is 0. The van der Waals surface area contributed by atoms with Crippen LogP contribution in [0.3, 0.4) is 0 Å². The Bertz CT molecular complexity index is 307. The molecule has 0 saturated carbocycles. The Labute approximate surface area is 84.0 Å². The van der Waals surface area contributed by atoms with Crippen LogP contribution in [0.1, 0.15) is 18.0 Å². The summed E-state index contributed by atoms with van der Waals surface area (Å²) >= 11 is 0. The van der Waals surface area contributed by atoms with Gasteiger partial charge in [0.25, 0.3) is 0 Å². The van der Waals surface area contributed by atoms with E-state index >= 15 is 0 Å². The van der Waals surface area contributed by atoms with Crippen LogP contribution in [0.15, 0.2) is 24.3 Å². The van der Waals surface area contributed by atoms with Gasteiger partial charge in [0.1, 0.15) is 5.82 Å². The van der Waals surface area contributed by atoms with Crippen LogP contribution >= 0.6 is 0 Å². The van der Waals surface area contributed by atoms with E-state index in [-0.39, 0.29) is 0 Å². The number of hydrogen-bond donors (Lipinski definition) is 2. The molecule has 0 bridgehead atoms. The van der Waals surface area contributed by atoms with Crippen LogP contribution in [0.5, 0.6) is 0 Å². The molecule has 0 amide bonds. The molecule has 1 aromatic carbocycles. The summed E-state index contributed by atoms with van der Waals surface area (Å²) in [7, 11) is 0. The molecule has 2 nitrogen and oxygen atoms in total. The van der Waals surface area contributed by atoms with Crippen LogP contribution < -0.4 is 11.3 Å². The van der Waals surface area contributed by atoms with Gasteiger partial charge in [-0.3, -0.25) is 11.3 Å². The van der Waals surface area contributed by atoms with Gasteiger partial charge in [-0.25, -0.2) is 4.39 Å². The van der Waals surface area contributed by atoms with Gasteiger partial charge in [0.2, 0.25) is 0 Å². The van der Waals surface area contributed by atoms with Crippen molar-refractivity contribution in [1.29, 1.82) is 0 Å². The molecule has 6 heteroatoms. The Morgan fingerprint density at radius 1 is 1.20 bits per heavy atom. The number of nitrogens with two attached hydrogens (primary N) is 1. The number of hydrazine groups is 1. The van der Waals surface area contributed by atoms with E-state index in [1.54, 1.807) is 0 Å². The maximum Gasteiger partial charge on any atom is 0.390 e. The topological polar surface area (TPSA) is 38.0 Å². The minimum Gasteiger partial charge on any atom is -0.271 e. The van der Waals surface area contributed by atoms with Crippen LogP contribution in [0.4, 0.5) is 17.6 Å². The highest BCUT2D eigenvalue weighted by Gasteiger charge is 2.32. The van der Waals surface area contributed by atoms with E-state index in [0.717, 1.165) is 12.1 Å². The molecule has 0 aliphatic rings. The van der Waals surface area contributed by atoms with E-state index in [0.29, 0.717) is 5.56 Å². The van der Waals surface area contributed by atoms with Gasteiger partial charge >= 0.3 is 6.18 Å². The molecule has 0 fully saturated rings. The number of alkyl halides is 3. The first-order valence-electron chi connectivity index (χ1n) is 4.21. The van der Waals surface area contributed by atoms with Crippen molar-refractivity contribution in [2.45, 2.75) is 18.6 Å². The molecule has 0 aromatic heterocycles. The van der Waals surface area contributed by atoms with E-state index in [2.05, 4.69) is 5.43 Å². The standard InChI is InChI=1S/C9H10F4N2/c10-7-3-1-6(2-4-7)8(15-14)5-9(11,12)13/h1-4,8,15H,5,14H2. The maximum absolute atomic E-state index is 12.5. The minimum absolute atomic E-state index is 0.302. The number of benzene rings is 1. The Morgan fingerprint density at radius 2 is 1.73 bits per heavy atom. The van der Waals surface area contributed by atoms with Crippen LogP contribution in [-0.4, -0.2) is 6.18 Å². The highest BCUT2D eigenvalue weighted by molar-refractivity contribution is 5.19. The van der Waals surface area contributed by atoms with E-state index in [1.165, 1.54) is 12.1 Å². The number of nitrogens with one attached hydrogen (secondary N) is 1. The first kappa shape index (κ1) is 11.9. The third-order valence-corrected chi connectivity index (χ3v) is 1.91. The molecule has 0 saturated heterocycles. The zero-order valence-electron chi connectivity index (χ0n) is 7.68. The molecule has 0 spiro atoms. The van der Waals surface area contributed by atoms with Crippen LogP contribution in [-0.2, 0) is 0 Å². The molecule has 1 rings (SSSR count). The highest BCUT2D eigenvalue weighted by atomic mass is 19.4. The summed E-state index contributed by atoms with van der Waals surface area (Å²) in [5, 5.41) is 0. The van der Waals surface area contributed by atoms with Gasteiger partial charge in [0.15, 0.2) is 0 Å². The molecule has 1 atom stereocenters. The molecule has 0 aliphatic heterocycles. The average Bonchev–Trinajstić information content (AvgIpc) is 2.14. The molecule has 1 aromatic rings. The lowest BCUT2D eigenvalue weighted by molar-refractivity contribution is -0.140. The SMILES string of the molecule is NNC(CC(F)(F)F)c1ccc(F)cc1. The normalized spacial score (nSPS) is 13.9. The van der Waals surface area contributed by atoms with Crippen molar-refractivity contribution in [2.75, 3.05) is 0 Å². The first-order chi connectivity index (χ1) is 6.92. The van der Waals surface area contributed by atoms with Gasteiger partial charge in [0.05, 0.1) is 12.5 Å². The largest absolute Gasteiger partial charge is 0.390 e. The maximum atomic E-state index is 12.5. The zero-order valence-corrected chi connectivity index (χ0v) is 7.68. The fraction of sp³-hybridized carbons (Fsp3) is 0.333. The van der Waals surface area contributed by atoms with Crippen molar-refractivity contribution in [2.24, 2.45) is 5.84 Å². The third kappa shape index (κ3) is 3.85. The van der Waals surface area contributed by atoms with Crippen molar-refractivity contribution in [3.8, 4) is 0 Å². The van der Waals surface area contributed by atoms with Gasteiger partial charge in [-0.1, -0.05) is 12.1 Å². The Hall–Kier alpha value is -1.14. The summed E-state index contributed by atoms with van der Waals surface area (Å²) in [5.74, 6) is 4.51. The zero-order chi connectivity index (χ0) is 11.5. The summed E-state index contributed by atoms with van der Waals surface area (Å²) < 4.78 is 48.8. The van der Waals surface area contributed by atoms with Crippen molar-refractivity contribution in [3.05, 3.63) is 35.6 Å². The quantitative estimate of drug-likeness (QED) is 0.467. The molecule has 3 N–H and O–H groups in total. The second kappa shape index (κ2) is 4.59. The lowest BCUT2D eigenvalue weighted by Crippen LogP contribution is -2.31. The first-order valence-corrected chi connectivity index (χ1v) is 4.21.